The minimum atomic E-state index is 0.851. The van der Waals surface area contributed by atoms with Crippen LogP contribution in [0.4, 0.5) is 0 Å². The van der Waals surface area contributed by atoms with Crippen LogP contribution in [-0.4, -0.2) is 0 Å². The van der Waals surface area contributed by atoms with Crippen molar-refractivity contribution in [3.63, 3.8) is 0 Å². The van der Waals surface area contributed by atoms with Crippen molar-refractivity contribution in [3.05, 3.63) is 35.6 Å². The van der Waals surface area contributed by atoms with Gasteiger partial charge in [-0.15, -0.1) is 0 Å². The minimum Gasteiger partial charge on any atom is -0.464 e. The molecule has 0 bridgehead atoms. The van der Waals surface area contributed by atoms with Crippen LogP contribution >= 0.6 is 15.9 Å². The van der Waals surface area contributed by atoms with E-state index >= 15 is 0 Å². The molecule has 2 rings (SSSR count). The Balaban J connectivity index is 2.80. The van der Waals surface area contributed by atoms with Crippen molar-refractivity contribution in [2.45, 2.75) is 12.3 Å². The van der Waals surface area contributed by atoms with Gasteiger partial charge in [-0.3, -0.25) is 0 Å². The van der Waals surface area contributed by atoms with Crippen molar-refractivity contribution in [1.82, 2.24) is 0 Å². The molecule has 2 heteroatoms. The number of furan rings is 1. The van der Waals surface area contributed by atoms with Crippen LogP contribution in [-0.2, 0) is 5.33 Å². The molecule has 0 spiro atoms. The first-order valence-electron chi connectivity index (χ1n) is 3.84. The number of aryl methyl sites for hydroxylation is 1. The molecule has 0 atom stereocenters. The topological polar surface area (TPSA) is 13.1 Å². The molecule has 2 aromatic rings. The Hall–Kier alpha value is -0.760. The zero-order valence-corrected chi connectivity index (χ0v) is 8.39. The molecule has 0 aliphatic heterocycles. The summed E-state index contributed by atoms with van der Waals surface area (Å²) in [4.78, 5) is 0. The number of para-hydroxylation sites is 1. The first-order valence-corrected chi connectivity index (χ1v) is 4.96. The van der Waals surface area contributed by atoms with E-state index < -0.39 is 0 Å². The summed E-state index contributed by atoms with van der Waals surface area (Å²) in [6, 6.07) is 6.20. The lowest BCUT2D eigenvalue weighted by Crippen LogP contribution is -1.74. The molecule has 0 unspecified atom stereocenters. The quantitative estimate of drug-likeness (QED) is 0.675. The molecule has 1 aromatic heterocycles. The maximum absolute atomic E-state index is 5.44. The molecule has 1 aromatic carbocycles. The van der Waals surface area contributed by atoms with E-state index in [1.54, 1.807) is 0 Å². The molecule has 1 heterocycles. The van der Waals surface area contributed by atoms with Gasteiger partial charge in [-0.2, -0.15) is 0 Å². The number of hydrogen-bond donors (Lipinski definition) is 0. The van der Waals surface area contributed by atoms with Crippen molar-refractivity contribution in [3.8, 4) is 0 Å². The highest BCUT2D eigenvalue weighted by molar-refractivity contribution is 9.08. The van der Waals surface area contributed by atoms with Gasteiger partial charge < -0.3 is 4.42 Å². The zero-order chi connectivity index (χ0) is 8.55. The predicted molar refractivity (Wildman–Crippen MR) is 53.6 cm³/mol. The van der Waals surface area contributed by atoms with E-state index in [0.29, 0.717) is 0 Å². The first kappa shape index (κ1) is 7.87. The molecule has 0 radical (unpaired) electrons. The fourth-order valence-corrected chi connectivity index (χ4v) is 1.79. The van der Waals surface area contributed by atoms with Crippen LogP contribution in [0.5, 0.6) is 0 Å². The van der Waals surface area contributed by atoms with E-state index in [0.717, 1.165) is 10.9 Å². The monoisotopic (exact) mass is 224 g/mol. The molecule has 1 nitrogen and oxygen atoms in total. The fourth-order valence-electron chi connectivity index (χ4n) is 1.36. The van der Waals surface area contributed by atoms with Crippen LogP contribution in [0.2, 0.25) is 0 Å². The number of fused-ring (bicyclic) bond motifs is 1. The molecular weight excluding hydrogens is 216 g/mol. The zero-order valence-electron chi connectivity index (χ0n) is 6.80. The highest BCUT2D eigenvalue weighted by Crippen LogP contribution is 2.25. The van der Waals surface area contributed by atoms with Crippen molar-refractivity contribution < 1.29 is 4.42 Å². The molecule has 0 saturated carbocycles. The Morgan fingerprint density at radius 3 is 3.00 bits per heavy atom. The smallest absolute Gasteiger partial charge is 0.137 e. The van der Waals surface area contributed by atoms with Crippen LogP contribution in [0, 0.1) is 6.92 Å². The second-order valence-electron chi connectivity index (χ2n) is 2.85. The standard InChI is InChI=1S/C10H9BrO/c1-7-3-2-4-9-8(5-11)6-12-10(7)9/h2-4,6H,5H2,1H3. The van der Waals surface area contributed by atoms with Crippen LogP contribution in [0.3, 0.4) is 0 Å². The molecule has 0 aliphatic carbocycles. The van der Waals surface area contributed by atoms with Gasteiger partial charge in [0.05, 0.1) is 6.26 Å². The van der Waals surface area contributed by atoms with Gasteiger partial charge in [0.2, 0.25) is 0 Å². The lowest BCUT2D eigenvalue weighted by Gasteiger charge is -1.93. The third kappa shape index (κ3) is 1.07. The van der Waals surface area contributed by atoms with E-state index in [-0.39, 0.29) is 0 Å². The molecule has 12 heavy (non-hydrogen) atoms. The number of rotatable bonds is 1. The van der Waals surface area contributed by atoms with Gasteiger partial charge in [0.25, 0.3) is 0 Å². The normalized spacial score (nSPS) is 10.8. The van der Waals surface area contributed by atoms with Crippen LogP contribution in [0.25, 0.3) is 11.0 Å². The van der Waals surface area contributed by atoms with Gasteiger partial charge in [0.1, 0.15) is 5.58 Å². The Labute approximate surface area is 79.5 Å². The summed E-state index contributed by atoms with van der Waals surface area (Å²) < 4.78 is 5.44. The average Bonchev–Trinajstić information content (AvgIpc) is 2.49. The summed E-state index contributed by atoms with van der Waals surface area (Å²) in [6.45, 7) is 2.06. The second kappa shape index (κ2) is 2.94. The van der Waals surface area contributed by atoms with E-state index in [1.807, 2.05) is 6.26 Å². The predicted octanol–water partition coefficient (Wildman–Crippen LogP) is 3.64. The fraction of sp³-hybridized carbons (Fsp3) is 0.200. The van der Waals surface area contributed by atoms with Crippen molar-refractivity contribution in [1.29, 1.82) is 0 Å². The highest BCUT2D eigenvalue weighted by Gasteiger charge is 2.04. The molecule has 62 valence electrons. The van der Waals surface area contributed by atoms with Crippen molar-refractivity contribution in [2.75, 3.05) is 0 Å². The highest BCUT2D eigenvalue weighted by atomic mass is 79.9. The van der Waals surface area contributed by atoms with Gasteiger partial charge in [0, 0.05) is 16.3 Å². The van der Waals surface area contributed by atoms with Gasteiger partial charge in [-0.1, -0.05) is 34.1 Å². The maximum Gasteiger partial charge on any atom is 0.137 e. The van der Waals surface area contributed by atoms with Gasteiger partial charge in [-0.25, -0.2) is 0 Å². The molecule has 0 fully saturated rings. The van der Waals surface area contributed by atoms with E-state index in [2.05, 4.69) is 41.1 Å². The molecule has 0 amide bonds. The summed E-state index contributed by atoms with van der Waals surface area (Å²) >= 11 is 3.42. The average molecular weight is 225 g/mol. The largest absolute Gasteiger partial charge is 0.464 e. The number of hydrogen-bond acceptors (Lipinski definition) is 1. The molecular formula is C10H9BrO. The number of alkyl halides is 1. The first-order chi connectivity index (χ1) is 5.83. The Bertz CT molecular complexity index is 403. The third-order valence-electron chi connectivity index (χ3n) is 2.02. The van der Waals surface area contributed by atoms with Crippen LogP contribution in [0.15, 0.2) is 28.9 Å². The van der Waals surface area contributed by atoms with Gasteiger partial charge in [0.15, 0.2) is 0 Å². The Kier molecular flexibility index (Phi) is 1.93. The van der Waals surface area contributed by atoms with E-state index in [4.69, 9.17) is 4.42 Å². The third-order valence-corrected chi connectivity index (χ3v) is 2.62. The Morgan fingerprint density at radius 1 is 1.42 bits per heavy atom. The SMILES string of the molecule is Cc1cccc2c(CBr)coc12. The van der Waals surface area contributed by atoms with Crippen molar-refractivity contribution in [2.24, 2.45) is 0 Å². The minimum absolute atomic E-state index is 0.851. The number of halogens is 1. The summed E-state index contributed by atoms with van der Waals surface area (Å²) in [5.41, 5.74) is 3.42. The summed E-state index contributed by atoms with van der Waals surface area (Å²) in [5.74, 6) is 0. The molecule has 0 N–H and O–H groups in total. The van der Waals surface area contributed by atoms with Crippen LogP contribution in [0.1, 0.15) is 11.1 Å². The van der Waals surface area contributed by atoms with Crippen molar-refractivity contribution >= 4 is 26.9 Å². The van der Waals surface area contributed by atoms with Gasteiger partial charge in [-0.05, 0) is 12.5 Å². The number of benzene rings is 1. The van der Waals surface area contributed by atoms with E-state index in [9.17, 15) is 0 Å². The summed E-state index contributed by atoms with van der Waals surface area (Å²) in [6.07, 6.45) is 1.81. The maximum atomic E-state index is 5.44. The lowest BCUT2D eigenvalue weighted by atomic mass is 10.1. The molecule has 0 aliphatic rings. The lowest BCUT2D eigenvalue weighted by molar-refractivity contribution is 0.610. The van der Waals surface area contributed by atoms with Gasteiger partial charge >= 0.3 is 0 Å². The molecule has 0 saturated heterocycles. The van der Waals surface area contributed by atoms with E-state index in [1.165, 1.54) is 16.5 Å². The summed E-state index contributed by atoms with van der Waals surface area (Å²) in [7, 11) is 0. The Morgan fingerprint density at radius 2 is 2.25 bits per heavy atom. The second-order valence-corrected chi connectivity index (χ2v) is 3.41. The summed E-state index contributed by atoms with van der Waals surface area (Å²) in [5, 5.41) is 2.07. The van der Waals surface area contributed by atoms with Crippen LogP contribution < -0.4 is 0 Å².